The van der Waals surface area contributed by atoms with Gasteiger partial charge in [0.1, 0.15) is 23.9 Å². The van der Waals surface area contributed by atoms with Gasteiger partial charge in [0.25, 0.3) is 0 Å². The first kappa shape index (κ1) is 20.1. The number of allylic oxidation sites excluding steroid dienone is 1. The Morgan fingerprint density at radius 3 is 2.34 bits per heavy atom. The van der Waals surface area contributed by atoms with Crippen molar-refractivity contribution in [1.82, 2.24) is 0 Å². The fourth-order valence-corrected chi connectivity index (χ4v) is 4.33. The van der Waals surface area contributed by atoms with Crippen LogP contribution in [0.5, 0.6) is 11.5 Å². The number of fused-ring (bicyclic) bond motifs is 1. The first-order valence-corrected chi connectivity index (χ1v) is 10.8. The summed E-state index contributed by atoms with van der Waals surface area (Å²) in [6, 6.07) is 30.3. The molecule has 0 aliphatic heterocycles. The molecule has 32 heavy (non-hydrogen) atoms. The minimum atomic E-state index is -0.246. The van der Waals surface area contributed by atoms with E-state index in [9.17, 15) is 9.50 Å². The second kappa shape index (κ2) is 8.72. The molecule has 0 fully saturated rings. The van der Waals surface area contributed by atoms with Crippen LogP contribution in [0.3, 0.4) is 0 Å². The van der Waals surface area contributed by atoms with Gasteiger partial charge in [-0.1, -0.05) is 60.7 Å². The Morgan fingerprint density at radius 1 is 0.750 bits per heavy atom. The van der Waals surface area contributed by atoms with E-state index in [4.69, 9.17) is 4.74 Å². The first-order chi connectivity index (χ1) is 15.7. The Balaban J connectivity index is 1.55. The van der Waals surface area contributed by atoms with Gasteiger partial charge in [-0.2, -0.15) is 0 Å². The van der Waals surface area contributed by atoms with Crippen LogP contribution < -0.4 is 4.74 Å². The van der Waals surface area contributed by atoms with Gasteiger partial charge in [-0.25, -0.2) is 4.39 Å². The quantitative estimate of drug-likeness (QED) is 0.375. The van der Waals surface area contributed by atoms with E-state index in [-0.39, 0.29) is 11.6 Å². The average molecular weight is 422 g/mol. The molecule has 4 aromatic rings. The number of hydrogen-bond donors (Lipinski definition) is 1. The van der Waals surface area contributed by atoms with E-state index in [0.29, 0.717) is 6.61 Å². The maximum Gasteiger partial charge on any atom is 0.123 e. The number of benzene rings is 4. The number of aryl methyl sites for hydroxylation is 1. The number of rotatable bonds is 5. The molecule has 0 saturated heterocycles. The summed E-state index contributed by atoms with van der Waals surface area (Å²) in [5, 5.41) is 10.1. The molecule has 0 heterocycles. The van der Waals surface area contributed by atoms with Gasteiger partial charge in [-0.05, 0) is 88.2 Å². The number of hydrogen-bond acceptors (Lipinski definition) is 2. The fraction of sp³-hybridized carbons (Fsp3) is 0.103. The summed E-state index contributed by atoms with van der Waals surface area (Å²) in [5.74, 6) is 0.821. The van der Waals surface area contributed by atoms with Crippen LogP contribution in [0, 0.1) is 5.82 Å². The summed E-state index contributed by atoms with van der Waals surface area (Å²) in [5.41, 5.74) is 7.63. The molecule has 1 aliphatic rings. The van der Waals surface area contributed by atoms with Crippen LogP contribution >= 0.6 is 0 Å². The van der Waals surface area contributed by atoms with Gasteiger partial charge in [-0.3, -0.25) is 0 Å². The summed E-state index contributed by atoms with van der Waals surface area (Å²) in [7, 11) is 0. The SMILES string of the molecule is Oc1cccc(C2=C(c3ccc(F)cc3)CCc3cc(OCc4ccccc4)ccc32)c1. The highest BCUT2D eigenvalue weighted by Crippen LogP contribution is 2.42. The molecule has 1 aliphatic carbocycles. The molecule has 0 amide bonds. The van der Waals surface area contributed by atoms with Crippen molar-refractivity contribution in [2.75, 3.05) is 0 Å². The van der Waals surface area contributed by atoms with Crippen LogP contribution in [0.2, 0.25) is 0 Å². The number of ether oxygens (including phenoxy) is 1. The molecule has 2 nitrogen and oxygen atoms in total. The molecule has 1 N–H and O–H groups in total. The summed E-state index contributed by atoms with van der Waals surface area (Å²) in [4.78, 5) is 0. The molecule has 0 unspecified atom stereocenters. The Labute approximate surface area is 187 Å². The second-order valence-corrected chi connectivity index (χ2v) is 8.00. The van der Waals surface area contributed by atoms with Gasteiger partial charge in [0.15, 0.2) is 0 Å². The van der Waals surface area contributed by atoms with Crippen LogP contribution in [0.4, 0.5) is 4.39 Å². The Morgan fingerprint density at radius 2 is 1.56 bits per heavy atom. The smallest absolute Gasteiger partial charge is 0.123 e. The largest absolute Gasteiger partial charge is 0.508 e. The van der Waals surface area contributed by atoms with Gasteiger partial charge in [0, 0.05) is 0 Å². The molecule has 0 aromatic heterocycles. The number of phenolic OH excluding ortho intramolecular Hbond substituents is 1. The van der Waals surface area contributed by atoms with Crippen LogP contribution in [0.15, 0.2) is 97.1 Å². The van der Waals surface area contributed by atoms with E-state index >= 15 is 0 Å². The van der Waals surface area contributed by atoms with Crippen molar-refractivity contribution in [2.24, 2.45) is 0 Å². The molecule has 3 heteroatoms. The summed E-state index contributed by atoms with van der Waals surface area (Å²) in [6.07, 6.45) is 1.69. The van der Waals surface area contributed by atoms with Crippen molar-refractivity contribution >= 4 is 11.1 Å². The van der Waals surface area contributed by atoms with E-state index in [0.717, 1.165) is 52.0 Å². The van der Waals surface area contributed by atoms with Crippen LogP contribution in [0.25, 0.3) is 11.1 Å². The lowest BCUT2D eigenvalue weighted by Crippen LogP contribution is -2.07. The number of aromatic hydroxyl groups is 1. The van der Waals surface area contributed by atoms with E-state index in [1.807, 2.05) is 48.5 Å². The summed E-state index contributed by atoms with van der Waals surface area (Å²) >= 11 is 0. The van der Waals surface area contributed by atoms with Gasteiger partial charge < -0.3 is 9.84 Å². The van der Waals surface area contributed by atoms with Gasteiger partial charge in [0.05, 0.1) is 0 Å². The maximum atomic E-state index is 13.5. The fourth-order valence-electron chi connectivity index (χ4n) is 4.33. The molecule has 0 radical (unpaired) electrons. The van der Waals surface area contributed by atoms with Crippen LogP contribution in [0.1, 0.15) is 34.2 Å². The molecular formula is C29H23FO2. The topological polar surface area (TPSA) is 29.5 Å². The third-order valence-corrected chi connectivity index (χ3v) is 5.87. The summed E-state index contributed by atoms with van der Waals surface area (Å²) in [6.45, 7) is 0.524. The van der Waals surface area contributed by atoms with Gasteiger partial charge in [-0.15, -0.1) is 0 Å². The lowest BCUT2D eigenvalue weighted by atomic mass is 9.79. The molecule has 5 rings (SSSR count). The molecule has 0 saturated carbocycles. The summed E-state index contributed by atoms with van der Waals surface area (Å²) < 4.78 is 19.6. The van der Waals surface area contributed by atoms with Crippen molar-refractivity contribution in [1.29, 1.82) is 0 Å². The first-order valence-electron chi connectivity index (χ1n) is 10.8. The highest BCUT2D eigenvalue weighted by Gasteiger charge is 2.22. The van der Waals surface area contributed by atoms with Crippen LogP contribution in [-0.4, -0.2) is 5.11 Å². The minimum absolute atomic E-state index is 0.225. The standard InChI is InChI=1S/C29H23FO2/c30-24-12-9-21(10-13-24)27-15-11-22-18-26(32-19-20-5-2-1-3-6-20)14-16-28(22)29(27)23-7-4-8-25(31)17-23/h1-10,12-14,16-18,31H,11,15,19H2. The molecular weight excluding hydrogens is 399 g/mol. The van der Waals surface area contributed by atoms with Gasteiger partial charge in [0.2, 0.25) is 0 Å². The van der Waals surface area contributed by atoms with E-state index in [1.54, 1.807) is 12.1 Å². The highest BCUT2D eigenvalue weighted by atomic mass is 19.1. The Bertz CT molecular complexity index is 1270. The maximum absolute atomic E-state index is 13.5. The highest BCUT2D eigenvalue weighted by molar-refractivity contribution is 6.01. The zero-order valence-corrected chi connectivity index (χ0v) is 17.6. The molecule has 0 atom stereocenters. The normalized spacial score (nSPS) is 13.0. The molecule has 0 bridgehead atoms. The Hall–Kier alpha value is -3.85. The molecule has 4 aromatic carbocycles. The lowest BCUT2D eigenvalue weighted by Gasteiger charge is -2.25. The van der Waals surface area contributed by atoms with E-state index < -0.39 is 0 Å². The number of phenols is 1. The zero-order chi connectivity index (χ0) is 21.9. The van der Waals surface area contributed by atoms with Crippen molar-refractivity contribution < 1.29 is 14.2 Å². The van der Waals surface area contributed by atoms with E-state index in [1.165, 1.54) is 17.7 Å². The Kier molecular flexibility index (Phi) is 5.47. The number of halogens is 1. The predicted molar refractivity (Wildman–Crippen MR) is 126 cm³/mol. The van der Waals surface area contributed by atoms with Crippen molar-refractivity contribution in [3.05, 3.63) is 131 Å². The van der Waals surface area contributed by atoms with Gasteiger partial charge >= 0.3 is 0 Å². The third kappa shape index (κ3) is 4.15. The van der Waals surface area contributed by atoms with Crippen molar-refractivity contribution in [2.45, 2.75) is 19.4 Å². The minimum Gasteiger partial charge on any atom is -0.508 e. The van der Waals surface area contributed by atoms with E-state index in [2.05, 4.69) is 24.3 Å². The molecule has 158 valence electrons. The second-order valence-electron chi connectivity index (χ2n) is 8.00. The van der Waals surface area contributed by atoms with Crippen molar-refractivity contribution in [3.63, 3.8) is 0 Å². The third-order valence-electron chi connectivity index (χ3n) is 5.87. The van der Waals surface area contributed by atoms with Crippen LogP contribution in [-0.2, 0) is 13.0 Å². The molecule has 0 spiro atoms. The van der Waals surface area contributed by atoms with Crippen molar-refractivity contribution in [3.8, 4) is 11.5 Å². The average Bonchev–Trinajstić information content (AvgIpc) is 2.83. The predicted octanol–water partition coefficient (Wildman–Crippen LogP) is 7.02. The zero-order valence-electron chi connectivity index (χ0n) is 17.6. The lowest BCUT2D eigenvalue weighted by molar-refractivity contribution is 0.306. The monoisotopic (exact) mass is 422 g/mol.